The first-order chi connectivity index (χ1) is 13.9. The van der Waals surface area contributed by atoms with Gasteiger partial charge < -0.3 is 4.74 Å². The maximum Gasteiger partial charge on any atom is 0.295 e. The highest BCUT2D eigenvalue weighted by Crippen LogP contribution is 2.45. The number of benzene rings is 2. The second-order valence-corrected chi connectivity index (χ2v) is 12.0. The number of hydrogen-bond acceptors (Lipinski definition) is 5. The van der Waals surface area contributed by atoms with Gasteiger partial charge in [0.25, 0.3) is 20.2 Å². The van der Waals surface area contributed by atoms with Crippen molar-refractivity contribution < 1.29 is 30.7 Å². The molecule has 2 aromatic rings. The van der Waals surface area contributed by atoms with Gasteiger partial charge in [-0.15, -0.1) is 0 Å². The van der Waals surface area contributed by atoms with Crippen LogP contribution in [0.3, 0.4) is 0 Å². The van der Waals surface area contributed by atoms with Crippen LogP contribution in [0, 0.1) is 3.57 Å². The molecule has 2 aromatic carbocycles. The van der Waals surface area contributed by atoms with Crippen molar-refractivity contribution in [1.82, 2.24) is 0 Å². The van der Waals surface area contributed by atoms with Gasteiger partial charge in [-0.1, -0.05) is 40.8 Å². The standard InChI is InChI=1S/C19H12I2O7S2/c20-10-1-4-13-16(7-10)28-17-8-11(21)2-5-14(17)19(13)15-6-3-12(29(22,23)24)9-18(15)30(25,26)27/h1-10H,(H,22,23,24)(H,25,26,27). The first-order valence-corrected chi connectivity index (χ1v) is 13.5. The minimum absolute atomic E-state index is 0.0647. The lowest BCUT2D eigenvalue weighted by molar-refractivity contribution is 0.429. The number of fused-ring (bicyclic) bond motifs is 2. The van der Waals surface area contributed by atoms with Crippen molar-refractivity contribution in [1.29, 1.82) is 0 Å². The van der Waals surface area contributed by atoms with Gasteiger partial charge in [0.15, 0.2) is 0 Å². The van der Waals surface area contributed by atoms with Gasteiger partial charge in [0.1, 0.15) is 16.4 Å². The summed E-state index contributed by atoms with van der Waals surface area (Å²) < 4.78 is 73.5. The Hall–Kier alpha value is -1.26. The molecule has 0 aromatic heterocycles. The van der Waals surface area contributed by atoms with Gasteiger partial charge in [0.2, 0.25) is 0 Å². The maximum atomic E-state index is 12.1. The van der Waals surface area contributed by atoms with Gasteiger partial charge in [-0.05, 0) is 59.0 Å². The Morgan fingerprint density at radius 2 is 1.63 bits per heavy atom. The minimum Gasteiger partial charge on any atom is -0.456 e. The van der Waals surface area contributed by atoms with Crippen LogP contribution in [0.4, 0.5) is 0 Å². The van der Waals surface area contributed by atoms with E-state index in [9.17, 15) is 25.9 Å². The SMILES string of the molecule is O=S(=O)(O)c1ccc(C2=C3C=CC(I)C=C3Oc3cc(I)ccc32)c(S(=O)(=O)O)c1. The number of alkyl halides is 1. The van der Waals surface area contributed by atoms with Gasteiger partial charge in [-0.2, -0.15) is 16.8 Å². The van der Waals surface area contributed by atoms with Crippen LogP contribution in [0.25, 0.3) is 5.57 Å². The zero-order chi connectivity index (χ0) is 21.8. The van der Waals surface area contributed by atoms with Crippen LogP contribution in [-0.2, 0) is 20.2 Å². The first-order valence-electron chi connectivity index (χ1n) is 8.31. The van der Waals surface area contributed by atoms with E-state index in [2.05, 4.69) is 45.2 Å². The quantitative estimate of drug-likeness (QED) is 0.285. The van der Waals surface area contributed by atoms with Crippen molar-refractivity contribution >= 4 is 71.0 Å². The molecule has 30 heavy (non-hydrogen) atoms. The van der Waals surface area contributed by atoms with Crippen LogP contribution in [0.5, 0.6) is 5.75 Å². The van der Waals surface area contributed by atoms with E-state index in [1.807, 2.05) is 18.2 Å². The van der Waals surface area contributed by atoms with E-state index in [-0.39, 0.29) is 9.49 Å². The third kappa shape index (κ3) is 4.10. The third-order valence-electron chi connectivity index (χ3n) is 4.52. The Kier molecular flexibility index (Phi) is 5.64. The summed E-state index contributed by atoms with van der Waals surface area (Å²) in [6, 6.07) is 8.48. The average Bonchev–Trinajstić information content (AvgIpc) is 2.64. The lowest BCUT2D eigenvalue weighted by Crippen LogP contribution is -2.15. The second-order valence-electron chi connectivity index (χ2n) is 6.47. The number of hydrogen-bond donors (Lipinski definition) is 2. The molecule has 0 bridgehead atoms. The van der Waals surface area contributed by atoms with Gasteiger partial charge in [0.05, 0.1) is 8.82 Å². The van der Waals surface area contributed by atoms with E-state index in [1.54, 1.807) is 18.2 Å². The van der Waals surface area contributed by atoms with Crippen molar-refractivity contribution in [3.8, 4) is 5.75 Å². The van der Waals surface area contributed by atoms with Crippen LogP contribution >= 0.6 is 45.2 Å². The molecule has 11 heteroatoms. The van der Waals surface area contributed by atoms with Crippen molar-refractivity contribution in [3.63, 3.8) is 0 Å². The largest absolute Gasteiger partial charge is 0.456 e. The minimum atomic E-state index is -4.82. The summed E-state index contributed by atoms with van der Waals surface area (Å²) >= 11 is 4.34. The van der Waals surface area contributed by atoms with E-state index in [1.165, 1.54) is 6.07 Å². The smallest absolute Gasteiger partial charge is 0.295 e. The van der Waals surface area contributed by atoms with Crippen LogP contribution in [0.2, 0.25) is 0 Å². The molecule has 1 atom stereocenters. The molecule has 0 saturated heterocycles. The lowest BCUT2D eigenvalue weighted by atomic mass is 9.88. The predicted octanol–water partition coefficient (Wildman–Crippen LogP) is 4.24. The van der Waals surface area contributed by atoms with Crippen LogP contribution in [0.15, 0.2) is 75.7 Å². The number of ether oxygens (including phenoxy) is 1. The average molecular weight is 670 g/mol. The molecule has 0 amide bonds. The first kappa shape index (κ1) is 22.0. The zero-order valence-corrected chi connectivity index (χ0v) is 20.7. The van der Waals surface area contributed by atoms with E-state index in [4.69, 9.17) is 4.74 Å². The van der Waals surface area contributed by atoms with Crippen LogP contribution in [0.1, 0.15) is 11.1 Å². The Bertz CT molecular complexity index is 1390. The highest BCUT2D eigenvalue weighted by molar-refractivity contribution is 14.1. The molecule has 2 N–H and O–H groups in total. The summed E-state index contributed by atoms with van der Waals surface area (Å²) in [4.78, 5) is -1.27. The zero-order valence-electron chi connectivity index (χ0n) is 14.8. The fraction of sp³-hybridized carbons (Fsp3) is 0.0526. The monoisotopic (exact) mass is 670 g/mol. The lowest BCUT2D eigenvalue weighted by Gasteiger charge is -2.28. The van der Waals surface area contributed by atoms with Crippen molar-refractivity contribution in [2.45, 2.75) is 13.7 Å². The molecule has 1 heterocycles. The molecular formula is C19H12I2O7S2. The molecule has 4 rings (SSSR count). The van der Waals surface area contributed by atoms with Crippen LogP contribution < -0.4 is 4.74 Å². The number of allylic oxidation sites excluding steroid dienone is 3. The number of halogens is 2. The van der Waals surface area contributed by atoms with Gasteiger partial charge in [-0.3, -0.25) is 9.11 Å². The molecule has 0 spiro atoms. The predicted molar refractivity (Wildman–Crippen MR) is 127 cm³/mol. The molecule has 0 radical (unpaired) electrons. The topological polar surface area (TPSA) is 118 Å². The fourth-order valence-corrected chi connectivity index (χ4v) is 5.58. The molecule has 1 aliphatic heterocycles. The van der Waals surface area contributed by atoms with E-state index in [0.717, 1.165) is 15.7 Å². The summed E-state index contributed by atoms with van der Waals surface area (Å²) in [5.74, 6) is 1.03. The van der Waals surface area contributed by atoms with Crippen molar-refractivity contribution in [2.24, 2.45) is 0 Å². The van der Waals surface area contributed by atoms with E-state index in [0.29, 0.717) is 28.2 Å². The molecular weight excluding hydrogens is 658 g/mol. The van der Waals surface area contributed by atoms with E-state index >= 15 is 0 Å². The molecule has 2 aliphatic rings. The summed E-state index contributed by atoms with van der Waals surface area (Å²) in [7, 11) is -9.50. The summed E-state index contributed by atoms with van der Waals surface area (Å²) in [6.07, 6.45) is 5.58. The Labute approximate surface area is 200 Å². The molecule has 1 aliphatic carbocycles. The van der Waals surface area contributed by atoms with Crippen molar-refractivity contribution in [3.05, 3.63) is 80.7 Å². The maximum absolute atomic E-state index is 12.1. The van der Waals surface area contributed by atoms with Gasteiger partial charge in [0, 0.05) is 25.8 Å². The highest BCUT2D eigenvalue weighted by atomic mass is 127. The molecule has 0 saturated carbocycles. The Morgan fingerprint density at radius 3 is 2.30 bits per heavy atom. The summed E-state index contributed by atoms with van der Waals surface area (Å²) in [5, 5.41) is 0. The molecule has 0 fully saturated rings. The Morgan fingerprint density at radius 1 is 0.933 bits per heavy atom. The van der Waals surface area contributed by atoms with Gasteiger partial charge in [-0.25, -0.2) is 0 Å². The molecule has 1 unspecified atom stereocenters. The number of rotatable bonds is 3. The fourth-order valence-electron chi connectivity index (χ4n) is 3.28. The van der Waals surface area contributed by atoms with E-state index < -0.39 is 30.0 Å². The summed E-state index contributed by atoms with van der Waals surface area (Å²) in [5.41, 5.74) is 1.74. The third-order valence-corrected chi connectivity index (χ3v) is 7.71. The van der Waals surface area contributed by atoms with Crippen molar-refractivity contribution in [2.75, 3.05) is 0 Å². The second kappa shape index (κ2) is 7.70. The molecule has 7 nitrogen and oxygen atoms in total. The Balaban J connectivity index is 2.10. The molecule has 156 valence electrons. The van der Waals surface area contributed by atoms with Gasteiger partial charge >= 0.3 is 0 Å². The normalized spacial score (nSPS) is 18.4. The summed E-state index contributed by atoms with van der Waals surface area (Å²) in [6.45, 7) is 0. The highest BCUT2D eigenvalue weighted by Gasteiger charge is 2.31. The van der Waals surface area contributed by atoms with Crippen LogP contribution in [-0.4, -0.2) is 29.9 Å².